The maximum absolute atomic E-state index is 14.3. The standard InChI is InChI=1S/C23H20ClFN4O3S/c1-3-17(30)28-6-7-29-12(9-28)10-32-20-11(2)18(15(24)8-14(20)22(29)31)13-4-5-16(25)21-19(13)27-23(26)33-21/h3-5,8,12H,1,6-7,9-10H2,2H3,(H2,26,27)/t12-/m1/s1. The number of carbonyl (C=O) groups is 2. The molecule has 0 unspecified atom stereocenters. The Kier molecular flexibility index (Phi) is 5.25. The van der Waals surface area contributed by atoms with E-state index in [2.05, 4.69) is 11.6 Å². The third kappa shape index (κ3) is 3.43. The largest absolute Gasteiger partial charge is 0.490 e. The van der Waals surface area contributed by atoms with Crippen molar-refractivity contribution in [3.05, 3.63) is 52.8 Å². The van der Waals surface area contributed by atoms with E-state index in [0.29, 0.717) is 62.9 Å². The van der Waals surface area contributed by atoms with Crippen molar-refractivity contribution < 1.29 is 18.7 Å². The van der Waals surface area contributed by atoms with Crippen molar-refractivity contribution in [3.63, 3.8) is 0 Å². The Hall–Kier alpha value is -3.17. The van der Waals surface area contributed by atoms with Gasteiger partial charge in [-0.3, -0.25) is 9.59 Å². The topological polar surface area (TPSA) is 88.8 Å². The normalized spacial score (nSPS) is 17.9. The summed E-state index contributed by atoms with van der Waals surface area (Å²) in [5, 5.41) is 0.586. The molecular weight excluding hydrogens is 467 g/mol. The average Bonchev–Trinajstić information content (AvgIpc) is 3.14. The van der Waals surface area contributed by atoms with Crippen LogP contribution in [0.1, 0.15) is 15.9 Å². The van der Waals surface area contributed by atoms with E-state index in [-0.39, 0.29) is 29.6 Å². The van der Waals surface area contributed by atoms with Crippen molar-refractivity contribution in [1.29, 1.82) is 0 Å². The van der Waals surface area contributed by atoms with Crippen molar-refractivity contribution in [1.82, 2.24) is 14.8 Å². The third-order valence-electron chi connectivity index (χ3n) is 6.13. The molecule has 2 N–H and O–H groups in total. The second kappa shape index (κ2) is 8.00. The lowest BCUT2D eigenvalue weighted by Gasteiger charge is -2.39. The molecule has 7 nitrogen and oxygen atoms in total. The molecule has 3 heterocycles. The Labute approximate surface area is 198 Å². The number of carbonyl (C=O) groups excluding carboxylic acids is 2. The molecule has 0 saturated carbocycles. The molecule has 0 aliphatic carbocycles. The van der Waals surface area contributed by atoms with Gasteiger partial charge in [-0.25, -0.2) is 9.37 Å². The summed E-state index contributed by atoms with van der Waals surface area (Å²) in [6.07, 6.45) is 1.27. The number of hydrogen-bond acceptors (Lipinski definition) is 6. The van der Waals surface area contributed by atoms with Crippen LogP contribution in [-0.2, 0) is 4.79 Å². The minimum absolute atomic E-state index is 0.173. The second-order valence-electron chi connectivity index (χ2n) is 8.01. The number of thiazole rings is 1. The molecule has 10 heteroatoms. The Morgan fingerprint density at radius 3 is 2.94 bits per heavy atom. The van der Waals surface area contributed by atoms with Crippen LogP contribution < -0.4 is 10.5 Å². The van der Waals surface area contributed by atoms with E-state index in [9.17, 15) is 14.0 Å². The maximum Gasteiger partial charge on any atom is 0.258 e. The summed E-state index contributed by atoms with van der Waals surface area (Å²) >= 11 is 7.75. The summed E-state index contributed by atoms with van der Waals surface area (Å²) in [6.45, 7) is 6.76. The van der Waals surface area contributed by atoms with Gasteiger partial charge in [0.25, 0.3) is 5.91 Å². The van der Waals surface area contributed by atoms with Crippen LogP contribution in [0.4, 0.5) is 9.52 Å². The molecule has 2 aliphatic heterocycles. The quantitative estimate of drug-likeness (QED) is 0.555. The maximum atomic E-state index is 14.3. The first-order valence-electron chi connectivity index (χ1n) is 10.3. The van der Waals surface area contributed by atoms with Crippen LogP contribution in [0, 0.1) is 12.7 Å². The van der Waals surface area contributed by atoms with Crippen LogP contribution in [0.2, 0.25) is 5.02 Å². The molecule has 2 aromatic carbocycles. The first-order chi connectivity index (χ1) is 15.8. The SMILES string of the molecule is C=CC(=O)N1CCN2C(=O)c3cc(Cl)c(-c4ccc(F)c5sc(N)nc45)c(C)c3OC[C@H]2C1. The van der Waals surface area contributed by atoms with Crippen LogP contribution in [0.5, 0.6) is 5.75 Å². The van der Waals surface area contributed by atoms with Gasteiger partial charge >= 0.3 is 0 Å². The molecule has 0 spiro atoms. The highest BCUT2D eigenvalue weighted by Gasteiger charge is 2.37. The summed E-state index contributed by atoms with van der Waals surface area (Å²) < 4.78 is 20.8. The van der Waals surface area contributed by atoms with Crippen LogP contribution in [0.15, 0.2) is 30.9 Å². The summed E-state index contributed by atoms with van der Waals surface area (Å²) in [5.41, 5.74) is 8.51. The van der Waals surface area contributed by atoms with E-state index in [1.54, 1.807) is 21.9 Å². The number of rotatable bonds is 2. The average molecular weight is 487 g/mol. The van der Waals surface area contributed by atoms with Gasteiger partial charge in [0.15, 0.2) is 5.13 Å². The van der Waals surface area contributed by atoms with Crippen molar-refractivity contribution in [2.24, 2.45) is 0 Å². The van der Waals surface area contributed by atoms with Crippen molar-refractivity contribution in [3.8, 4) is 16.9 Å². The molecule has 1 saturated heterocycles. The van der Waals surface area contributed by atoms with Crippen LogP contribution in [-0.4, -0.2) is 58.9 Å². The molecule has 0 bridgehead atoms. The molecule has 3 aromatic rings. The summed E-state index contributed by atoms with van der Waals surface area (Å²) in [7, 11) is 0. The zero-order chi connectivity index (χ0) is 23.4. The molecule has 33 heavy (non-hydrogen) atoms. The third-order valence-corrected chi connectivity index (χ3v) is 7.32. The number of nitrogens with zero attached hydrogens (tertiary/aromatic N) is 3. The number of amides is 2. The Morgan fingerprint density at radius 2 is 2.18 bits per heavy atom. The number of fused-ring (bicyclic) bond motifs is 3. The van der Waals surface area contributed by atoms with Gasteiger partial charge in [0, 0.05) is 41.3 Å². The molecule has 5 rings (SSSR count). The van der Waals surface area contributed by atoms with Crippen LogP contribution in [0.25, 0.3) is 21.3 Å². The zero-order valence-electron chi connectivity index (χ0n) is 17.7. The molecule has 1 fully saturated rings. The monoisotopic (exact) mass is 486 g/mol. The minimum Gasteiger partial charge on any atom is -0.490 e. The van der Waals surface area contributed by atoms with Gasteiger partial charge in [-0.2, -0.15) is 0 Å². The minimum atomic E-state index is -0.409. The lowest BCUT2D eigenvalue weighted by atomic mass is 9.95. The Bertz CT molecular complexity index is 1340. The van der Waals surface area contributed by atoms with E-state index in [1.165, 1.54) is 12.1 Å². The van der Waals surface area contributed by atoms with Gasteiger partial charge in [-0.1, -0.05) is 29.5 Å². The summed E-state index contributed by atoms with van der Waals surface area (Å²) in [4.78, 5) is 33.2. The second-order valence-corrected chi connectivity index (χ2v) is 9.45. The number of hydrogen-bond donors (Lipinski definition) is 1. The van der Waals surface area contributed by atoms with E-state index in [1.807, 2.05) is 6.92 Å². The van der Waals surface area contributed by atoms with Crippen molar-refractivity contribution in [2.45, 2.75) is 13.0 Å². The smallest absolute Gasteiger partial charge is 0.258 e. The van der Waals surface area contributed by atoms with E-state index in [4.69, 9.17) is 22.1 Å². The van der Waals surface area contributed by atoms with E-state index in [0.717, 1.165) is 11.3 Å². The van der Waals surface area contributed by atoms with Crippen molar-refractivity contribution >= 4 is 50.1 Å². The van der Waals surface area contributed by atoms with E-state index >= 15 is 0 Å². The first kappa shape index (κ1) is 21.7. The van der Waals surface area contributed by atoms with Gasteiger partial charge in [0.05, 0.1) is 21.8 Å². The van der Waals surface area contributed by atoms with Crippen LogP contribution in [0.3, 0.4) is 0 Å². The molecule has 2 aliphatic rings. The Balaban J connectivity index is 1.60. The van der Waals surface area contributed by atoms with E-state index < -0.39 is 5.82 Å². The highest BCUT2D eigenvalue weighted by Crippen LogP contribution is 2.44. The lowest BCUT2D eigenvalue weighted by molar-refractivity contribution is -0.128. The number of halogens is 2. The lowest BCUT2D eigenvalue weighted by Crippen LogP contribution is -2.57. The Morgan fingerprint density at radius 1 is 1.39 bits per heavy atom. The molecule has 1 atom stereocenters. The number of nitrogens with two attached hydrogens (primary N) is 1. The highest BCUT2D eigenvalue weighted by atomic mass is 35.5. The fourth-order valence-corrected chi connectivity index (χ4v) is 5.67. The molecule has 0 radical (unpaired) electrons. The molecule has 1 aromatic heterocycles. The predicted octanol–water partition coefficient (Wildman–Crippen LogP) is 3.88. The molecule has 2 amide bonds. The van der Waals surface area contributed by atoms with Crippen LogP contribution >= 0.6 is 22.9 Å². The fourth-order valence-electron chi connectivity index (χ4n) is 4.56. The van der Waals surface area contributed by atoms with Gasteiger partial charge in [0.2, 0.25) is 5.91 Å². The summed E-state index contributed by atoms with van der Waals surface area (Å²) in [5.74, 6) is -0.352. The number of nitrogen functional groups attached to an aromatic ring is 1. The zero-order valence-corrected chi connectivity index (χ0v) is 19.3. The predicted molar refractivity (Wildman–Crippen MR) is 126 cm³/mol. The fraction of sp³-hybridized carbons (Fsp3) is 0.261. The number of anilines is 1. The summed E-state index contributed by atoms with van der Waals surface area (Å²) in [6, 6.07) is 4.27. The van der Waals surface area contributed by atoms with Gasteiger partial charge in [-0.15, -0.1) is 0 Å². The number of aromatic nitrogens is 1. The van der Waals surface area contributed by atoms with Gasteiger partial charge < -0.3 is 20.3 Å². The molecule has 170 valence electrons. The number of benzene rings is 2. The highest BCUT2D eigenvalue weighted by molar-refractivity contribution is 7.22. The molecular formula is C23H20ClFN4O3S. The van der Waals surface area contributed by atoms with Gasteiger partial charge in [0.1, 0.15) is 18.2 Å². The number of piperazine rings is 1. The first-order valence-corrected chi connectivity index (χ1v) is 11.5. The van der Waals surface area contributed by atoms with Crippen molar-refractivity contribution in [2.75, 3.05) is 32.0 Å². The number of ether oxygens (including phenoxy) is 1. The van der Waals surface area contributed by atoms with Gasteiger partial charge in [-0.05, 0) is 31.2 Å².